The Morgan fingerprint density at radius 3 is 2.29 bits per heavy atom. The van der Waals surface area contributed by atoms with Gasteiger partial charge in [0.15, 0.2) is 0 Å². The molecule has 0 unspecified atom stereocenters. The van der Waals surface area contributed by atoms with Crippen LogP contribution in [0.3, 0.4) is 0 Å². The summed E-state index contributed by atoms with van der Waals surface area (Å²) in [4.78, 5) is 17.0. The minimum atomic E-state index is -0.296. The average molecular weight is 483 g/mol. The van der Waals surface area contributed by atoms with Gasteiger partial charge >= 0.3 is 0 Å². The summed E-state index contributed by atoms with van der Waals surface area (Å²) in [7, 11) is 0. The summed E-state index contributed by atoms with van der Waals surface area (Å²) in [6, 6.07) is 19.7. The summed E-state index contributed by atoms with van der Waals surface area (Å²) in [5, 5.41) is 0.433. The van der Waals surface area contributed by atoms with E-state index in [4.69, 9.17) is 21.1 Å². The summed E-state index contributed by atoms with van der Waals surface area (Å²) in [5.41, 5.74) is 2.06. The third-order valence-corrected chi connectivity index (χ3v) is 6.17. The maximum Gasteiger partial charge on any atom is 0.253 e. The second kappa shape index (κ2) is 11.4. The van der Waals surface area contributed by atoms with Crippen molar-refractivity contribution in [3.8, 4) is 11.5 Å². The molecule has 1 heterocycles. The van der Waals surface area contributed by atoms with Crippen LogP contribution in [0.25, 0.3) is 0 Å². The Kier molecular flexibility index (Phi) is 8.03. The van der Waals surface area contributed by atoms with Gasteiger partial charge in [-0.15, -0.1) is 0 Å². The van der Waals surface area contributed by atoms with E-state index in [2.05, 4.69) is 4.90 Å². The predicted molar refractivity (Wildman–Crippen MR) is 131 cm³/mol. The van der Waals surface area contributed by atoms with Gasteiger partial charge in [0.1, 0.15) is 23.9 Å². The number of hydrogen-bond acceptors (Lipinski definition) is 4. The number of ether oxygens (including phenoxy) is 2. The van der Waals surface area contributed by atoms with Crippen LogP contribution in [-0.4, -0.2) is 48.5 Å². The zero-order valence-electron chi connectivity index (χ0n) is 19.2. The molecule has 0 aliphatic carbocycles. The van der Waals surface area contributed by atoms with Gasteiger partial charge in [-0.25, -0.2) is 4.39 Å². The molecule has 0 aromatic heterocycles. The quantitative estimate of drug-likeness (QED) is 0.430. The monoisotopic (exact) mass is 482 g/mol. The van der Waals surface area contributed by atoms with Gasteiger partial charge in [0.2, 0.25) is 0 Å². The largest absolute Gasteiger partial charge is 0.494 e. The number of carbonyl (C=O) groups excluding carboxylic acids is 1. The van der Waals surface area contributed by atoms with Crippen molar-refractivity contribution < 1.29 is 18.7 Å². The van der Waals surface area contributed by atoms with Gasteiger partial charge in [0.05, 0.1) is 6.61 Å². The molecule has 1 amide bonds. The first-order valence-corrected chi connectivity index (χ1v) is 11.8. The van der Waals surface area contributed by atoms with Gasteiger partial charge in [-0.05, 0) is 61.0 Å². The van der Waals surface area contributed by atoms with Crippen molar-refractivity contribution in [1.29, 1.82) is 0 Å². The third-order valence-electron chi connectivity index (χ3n) is 5.82. The van der Waals surface area contributed by atoms with Crippen LogP contribution in [0.5, 0.6) is 11.5 Å². The number of carbonyl (C=O) groups is 1. The molecule has 0 atom stereocenters. The Bertz CT molecular complexity index is 1090. The lowest BCUT2D eigenvalue weighted by Gasteiger charge is -2.35. The lowest BCUT2D eigenvalue weighted by molar-refractivity contribution is 0.0627. The molecule has 0 N–H and O–H groups in total. The number of piperazine rings is 1. The summed E-state index contributed by atoms with van der Waals surface area (Å²) < 4.78 is 25.4. The highest BCUT2D eigenvalue weighted by Crippen LogP contribution is 2.22. The summed E-state index contributed by atoms with van der Waals surface area (Å²) >= 11 is 6.16. The number of halogens is 2. The number of benzene rings is 3. The first-order chi connectivity index (χ1) is 16.5. The Morgan fingerprint density at radius 2 is 1.62 bits per heavy atom. The second-order valence-corrected chi connectivity index (χ2v) is 8.57. The number of hydrogen-bond donors (Lipinski definition) is 0. The molecule has 0 saturated carbocycles. The normalized spacial score (nSPS) is 14.1. The Balaban J connectivity index is 1.31. The van der Waals surface area contributed by atoms with E-state index in [0.29, 0.717) is 62.1 Å². The van der Waals surface area contributed by atoms with Crippen LogP contribution in [0, 0.1) is 5.82 Å². The van der Waals surface area contributed by atoms with E-state index in [-0.39, 0.29) is 11.7 Å². The molecule has 1 aliphatic heterocycles. The Hall–Kier alpha value is -3.09. The van der Waals surface area contributed by atoms with Crippen LogP contribution in [0.1, 0.15) is 28.4 Å². The molecule has 3 aromatic rings. The van der Waals surface area contributed by atoms with Crippen LogP contribution >= 0.6 is 11.6 Å². The highest BCUT2D eigenvalue weighted by Gasteiger charge is 2.23. The summed E-state index contributed by atoms with van der Waals surface area (Å²) in [6.07, 6.45) is 0. The molecule has 1 aliphatic rings. The lowest BCUT2D eigenvalue weighted by Crippen LogP contribution is -2.48. The minimum absolute atomic E-state index is 0.00788. The van der Waals surface area contributed by atoms with E-state index in [9.17, 15) is 9.18 Å². The van der Waals surface area contributed by atoms with Gasteiger partial charge in [-0.1, -0.05) is 29.8 Å². The summed E-state index contributed by atoms with van der Waals surface area (Å²) in [6.45, 7) is 5.86. The highest BCUT2D eigenvalue weighted by atomic mass is 35.5. The van der Waals surface area contributed by atoms with E-state index < -0.39 is 0 Å². The zero-order valence-corrected chi connectivity index (χ0v) is 19.9. The highest BCUT2D eigenvalue weighted by molar-refractivity contribution is 6.31. The molecule has 1 saturated heterocycles. The van der Waals surface area contributed by atoms with Crippen LogP contribution in [0.2, 0.25) is 5.02 Å². The fourth-order valence-electron chi connectivity index (χ4n) is 3.96. The third kappa shape index (κ3) is 6.07. The maximum atomic E-state index is 14.1. The van der Waals surface area contributed by atoms with Gasteiger partial charge in [-0.3, -0.25) is 9.69 Å². The molecule has 3 aromatic carbocycles. The van der Waals surface area contributed by atoms with E-state index >= 15 is 0 Å². The molecule has 5 nitrogen and oxygen atoms in total. The molecule has 0 bridgehead atoms. The van der Waals surface area contributed by atoms with Crippen molar-refractivity contribution in [3.05, 3.63) is 94.3 Å². The van der Waals surface area contributed by atoms with E-state index in [1.807, 2.05) is 60.4 Å². The Morgan fingerprint density at radius 1 is 0.941 bits per heavy atom. The van der Waals surface area contributed by atoms with Gasteiger partial charge in [0, 0.05) is 48.9 Å². The first-order valence-electron chi connectivity index (χ1n) is 11.4. The van der Waals surface area contributed by atoms with Crippen molar-refractivity contribution in [2.24, 2.45) is 0 Å². The van der Waals surface area contributed by atoms with Crippen LogP contribution in [0.15, 0.2) is 66.7 Å². The van der Waals surface area contributed by atoms with Crippen molar-refractivity contribution >= 4 is 17.5 Å². The molecule has 34 heavy (non-hydrogen) atoms. The molecular weight excluding hydrogens is 455 g/mol. The molecule has 7 heteroatoms. The zero-order chi connectivity index (χ0) is 23.9. The fourth-order valence-corrected chi connectivity index (χ4v) is 4.18. The molecule has 1 fully saturated rings. The van der Waals surface area contributed by atoms with Gasteiger partial charge in [0.25, 0.3) is 5.91 Å². The standard InChI is InChI=1S/C27H28ClFN2O3/c1-2-33-22-9-11-23(12-10-22)34-19-20-5-3-6-21(17-20)27(32)31-15-13-30(14-16-31)18-24-25(28)7-4-8-26(24)29/h3-12,17H,2,13-16,18-19H2,1H3. The molecule has 0 radical (unpaired) electrons. The molecule has 4 rings (SSSR count). The van der Waals surface area contributed by atoms with Crippen molar-refractivity contribution in [2.45, 2.75) is 20.1 Å². The van der Waals surface area contributed by atoms with Gasteiger partial charge in [-0.2, -0.15) is 0 Å². The van der Waals surface area contributed by atoms with Crippen LogP contribution < -0.4 is 9.47 Å². The van der Waals surface area contributed by atoms with Crippen LogP contribution in [-0.2, 0) is 13.2 Å². The summed E-state index contributed by atoms with van der Waals surface area (Å²) in [5.74, 6) is 1.24. The van der Waals surface area contributed by atoms with Gasteiger partial charge < -0.3 is 14.4 Å². The lowest BCUT2D eigenvalue weighted by atomic mass is 10.1. The van der Waals surface area contributed by atoms with Crippen molar-refractivity contribution in [2.75, 3.05) is 32.8 Å². The second-order valence-electron chi connectivity index (χ2n) is 8.16. The maximum absolute atomic E-state index is 14.1. The van der Waals surface area contributed by atoms with E-state index in [1.165, 1.54) is 6.07 Å². The van der Waals surface area contributed by atoms with Crippen LogP contribution in [0.4, 0.5) is 4.39 Å². The molecular formula is C27H28ClFN2O3. The fraction of sp³-hybridized carbons (Fsp3) is 0.296. The van der Waals surface area contributed by atoms with E-state index in [1.54, 1.807) is 12.1 Å². The Labute approximate surface area is 204 Å². The number of rotatable bonds is 8. The van der Waals surface area contributed by atoms with Crippen molar-refractivity contribution in [1.82, 2.24) is 9.80 Å². The topological polar surface area (TPSA) is 42.0 Å². The number of nitrogens with zero attached hydrogens (tertiary/aromatic N) is 2. The molecule has 0 spiro atoms. The van der Waals surface area contributed by atoms with E-state index in [0.717, 1.165) is 17.1 Å². The predicted octanol–water partition coefficient (Wildman–Crippen LogP) is 5.41. The SMILES string of the molecule is CCOc1ccc(OCc2cccc(C(=O)N3CCN(Cc4c(F)cccc4Cl)CC3)c2)cc1. The smallest absolute Gasteiger partial charge is 0.253 e. The molecule has 178 valence electrons. The van der Waals surface area contributed by atoms with Crippen molar-refractivity contribution in [3.63, 3.8) is 0 Å². The number of amides is 1. The minimum Gasteiger partial charge on any atom is -0.494 e. The first kappa shape index (κ1) is 24.0. The average Bonchev–Trinajstić information content (AvgIpc) is 2.86.